The zero-order valence-corrected chi connectivity index (χ0v) is 10.3. The molecule has 3 heterocycles. The first-order chi connectivity index (χ1) is 8.33. The monoisotopic (exact) mass is 236 g/mol. The Kier molecular flexibility index (Phi) is 3.13. The molecule has 2 N–H and O–H groups in total. The van der Waals surface area contributed by atoms with Crippen LogP contribution in [0, 0.1) is 0 Å². The van der Waals surface area contributed by atoms with Gasteiger partial charge in [-0.1, -0.05) is 0 Å². The van der Waals surface area contributed by atoms with Gasteiger partial charge in [0.2, 0.25) is 0 Å². The van der Waals surface area contributed by atoms with Crippen molar-refractivity contribution in [2.45, 2.75) is 32.0 Å². The molecule has 5 nitrogen and oxygen atoms in total. The van der Waals surface area contributed by atoms with Crippen LogP contribution in [-0.2, 0) is 17.7 Å². The molecule has 2 unspecified atom stereocenters. The van der Waals surface area contributed by atoms with Gasteiger partial charge in [-0.05, 0) is 6.92 Å². The Morgan fingerprint density at radius 3 is 3.41 bits per heavy atom. The predicted molar refractivity (Wildman–Crippen MR) is 64.8 cm³/mol. The van der Waals surface area contributed by atoms with E-state index in [1.165, 1.54) is 11.4 Å². The summed E-state index contributed by atoms with van der Waals surface area (Å²) in [4.78, 5) is 10.1. The number of morpholine rings is 1. The van der Waals surface area contributed by atoms with E-state index in [9.17, 15) is 0 Å². The highest BCUT2D eigenvalue weighted by Crippen LogP contribution is 2.15. The lowest BCUT2D eigenvalue weighted by Gasteiger charge is -2.36. The minimum atomic E-state index is 0.520. The Morgan fingerprint density at radius 2 is 2.53 bits per heavy atom. The van der Waals surface area contributed by atoms with E-state index in [1.807, 2.05) is 0 Å². The lowest BCUT2D eigenvalue weighted by atomic mass is 10.0. The zero-order chi connectivity index (χ0) is 11.7. The number of fused-ring (bicyclic) bond motifs is 1. The third-order valence-corrected chi connectivity index (χ3v) is 3.77. The molecule has 5 heteroatoms. The molecule has 0 spiro atoms. The SMILES string of the molecule is CC1COCCN1CC1Cc2nc[nH]c2CN1. The summed E-state index contributed by atoms with van der Waals surface area (Å²) in [5, 5.41) is 3.58. The van der Waals surface area contributed by atoms with Crippen LogP contribution in [-0.4, -0.2) is 53.3 Å². The summed E-state index contributed by atoms with van der Waals surface area (Å²) in [5.74, 6) is 0. The number of imidazole rings is 1. The molecule has 0 bridgehead atoms. The van der Waals surface area contributed by atoms with Gasteiger partial charge in [0.15, 0.2) is 0 Å². The van der Waals surface area contributed by atoms with Crippen molar-refractivity contribution in [3.05, 3.63) is 17.7 Å². The number of hydrogen-bond donors (Lipinski definition) is 2. The maximum Gasteiger partial charge on any atom is 0.0925 e. The third-order valence-electron chi connectivity index (χ3n) is 3.77. The summed E-state index contributed by atoms with van der Waals surface area (Å²) in [6, 6.07) is 1.05. The van der Waals surface area contributed by atoms with Crippen molar-refractivity contribution in [2.24, 2.45) is 0 Å². The van der Waals surface area contributed by atoms with Crippen molar-refractivity contribution in [3.63, 3.8) is 0 Å². The van der Waals surface area contributed by atoms with E-state index in [0.717, 1.165) is 39.3 Å². The number of hydrogen-bond acceptors (Lipinski definition) is 4. The summed E-state index contributed by atoms with van der Waals surface area (Å²) in [5.41, 5.74) is 2.48. The first kappa shape index (κ1) is 11.2. The molecule has 3 rings (SSSR count). The number of ether oxygens (including phenoxy) is 1. The van der Waals surface area contributed by atoms with Gasteiger partial charge < -0.3 is 15.0 Å². The zero-order valence-electron chi connectivity index (χ0n) is 10.3. The first-order valence-electron chi connectivity index (χ1n) is 6.39. The van der Waals surface area contributed by atoms with Gasteiger partial charge in [0, 0.05) is 38.1 Å². The fourth-order valence-electron chi connectivity index (χ4n) is 2.68. The second-order valence-electron chi connectivity index (χ2n) is 5.03. The number of aromatic nitrogens is 2. The molecule has 1 aromatic rings. The highest BCUT2D eigenvalue weighted by atomic mass is 16.5. The van der Waals surface area contributed by atoms with Crippen LogP contribution in [0.1, 0.15) is 18.3 Å². The van der Waals surface area contributed by atoms with Gasteiger partial charge in [0.25, 0.3) is 0 Å². The quantitative estimate of drug-likeness (QED) is 0.767. The second-order valence-corrected chi connectivity index (χ2v) is 5.03. The van der Waals surface area contributed by atoms with Crippen LogP contribution in [0.15, 0.2) is 6.33 Å². The molecular formula is C12H20N4O. The highest BCUT2D eigenvalue weighted by molar-refractivity contribution is 5.16. The fraction of sp³-hybridized carbons (Fsp3) is 0.750. The molecule has 17 heavy (non-hydrogen) atoms. The summed E-state index contributed by atoms with van der Waals surface area (Å²) < 4.78 is 5.47. The number of nitrogens with zero attached hydrogens (tertiary/aromatic N) is 2. The average Bonchev–Trinajstić information content (AvgIpc) is 2.79. The van der Waals surface area contributed by atoms with Gasteiger partial charge in [-0.25, -0.2) is 4.98 Å². The maximum atomic E-state index is 5.47. The Morgan fingerprint density at radius 1 is 1.59 bits per heavy atom. The Labute approximate surface area is 102 Å². The van der Waals surface area contributed by atoms with Gasteiger partial charge in [-0.2, -0.15) is 0 Å². The van der Waals surface area contributed by atoms with E-state index < -0.39 is 0 Å². The van der Waals surface area contributed by atoms with E-state index >= 15 is 0 Å². The van der Waals surface area contributed by atoms with Crippen molar-refractivity contribution in [1.29, 1.82) is 0 Å². The molecule has 2 aliphatic rings. The molecule has 1 fully saturated rings. The molecule has 1 aromatic heterocycles. The van der Waals surface area contributed by atoms with Crippen LogP contribution < -0.4 is 5.32 Å². The Hall–Kier alpha value is -0.910. The van der Waals surface area contributed by atoms with Crippen LogP contribution >= 0.6 is 0 Å². The molecule has 2 atom stereocenters. The molecule has 2 aliphatic heterocycles. The van der Waals surface area contributed by atoms with Crippen molar-refractivity contribution in [1.82, 2.24) is 20.2 Å². The van der Waals surface area contributed by atoms with Gasteiger partial charge in [-0.3, -0.25) is 4.90 Å². The van der Waals surface area contributed by atoms with Crippen molar-refractivity contribution < 1.29 is 4.74 Å². The van der Waals surface area contributed by atoms with Crippen molar-refractivity contribution in [2.75, 3.05) is 26.3 Å². The molecule has 94 valence electrons. The molecule has 0 aromatic carbocycles. The highest BCUT2D eigenvalue weighted by Gasteiger charge is 2.25. The Bertz CT molecular complexity index is 378. The third kappa shape index (κ3) is 2.36. The van der Waals surface area contributed by atoms with Crippen molar-refractivity contribution >= 4 is 0 Å². The lowest BCUT2D eigenvalue weighted by Crippen LogP contribution is -2.51. The van der Waals surface area contributed by atoms with Crippen LogP contribution in [0.5, 0.6) is 0 Å². The van der Waals surface area contributed by atoms with E-state index in [0.29, 0.717) is 12.1 Å². The predicted octanol–water partition coefficient (Wildman–Crippen LogP) is 0.145. The fourth-order valence-corrected chi connectivity index (χ4v) is 2.68. The normalized spacial score (nSPS) is 30.2. The van der Waals surface area contributed by atoms with E-state index in [2.05, 4.69) is 27.1 Å². The molecule has 0 aliphatic carbocycles. The van der Waals surface area contributed by atoms with Crippen molar-refractivity contribution in [3.8, 4) is 0 Å². The summed E-state index contributed by atoms with van der Waals surface area (Å²) in [6.07, 6.45) is 2.83. The topological polar surface area (TPSA) is 53.2 Å². The first-order valence-corrected chi connectivity index (χ1v) is 6.39. The molecular weight excluding hydrogens is 216 g/mol. The molecule has 1 saturated heterocycles. The maximum absolute atomic E-state index is 5.47. The van der Waals surface area contributed by atoms with Crippen LogP contribution in [0.25, 0.3) is 0 Å². The minimum absolute atomic E-state index is 0.520. The Balaban J connectivity index is 1.60. The smallest absolute Gasteiger partial charge is 0.0925 e. The van der Waals surface area contributed by atoms with Gasteiger partial charge in [0.05, 0.1) is 30.9 Å². The van der Waals surface area contributed by atoms with Crippen LogP contribution in [0.4, 0.5) is 0 Å². The summed E-state index contributed by atoms with van der Waals surface area (Å²) >= 11 is 0. The minimum Gasteiger partial charge on any atom is -0.379 e. The lowest BCUT2D eigenvalue weighted by molar-refractivity contribution is -0.00476. The molecule has 0 amide bonds. The van der Waals surface area contributed by atoms with E-state index in [4.69, 9.17) is 4.74 Å². The molecule has 0 radical (unpaired) electrons. The van der Waals surface area contributed by atoms with Gasteiger partial charge in [0.1, 0.15) is 0 Å². The summed E-state index contributed by atoms with van der Waals surface area (Å²) in [7, 11) is 0. The van der Waals surface area contributed by atoms with E-state index in [1.54, 1.807) is 6.33 Å². The van der Waals surface area contributed by atoms with Crippen LogP contribution in [0.2, 0.25) is 0 Å². The summed E-state index contributed by atoms with van der Waals surface area (Å²) in [6.45, 7) is 7.02. The van der Waals surface area contributed by atoms with Gasteiger partial charge in [-0.15, -0.1) is 0 Å². The largest absolute Gasteiger partial charge is 0.379 e. The number of H-pyrrole nitrogens is 1. The molecule has 0 saturated carbocycles. The number of rotatable bonds is 2. The second kappa shape index (κ2) is 4.76. The number of aromatic amines is 1. The average molecular weight is 236 g/mol. The standard InChI is InChI=1S/C12H20N4O/c1-9-7-17-3-2-16(9)6-10-4-11-12(5-13-10)15-8-14-11/h8-10,13H,2-7H2,1H3,(H,14,15). The van der Waals surface area contributed by atoms with Crippen LogP contribution in [0.3, 0.4) is 0 Å². The van der Waals surface area contributed by atoms with E-state index in [-0.39, 0.29) is 0 Å². The number of nitrogens with one attached hydrogen (secondary N) is 2. The van der Waals surface area contributed by atoms with Gasteiger partial charge >= 0.3 is 0 Å².